The number of hydrogen-bond acceptors (Lipinski definition) is 3. The van der Waals surface area contributed by atoms with Crippen molar-refractivity contribution in [3.63, 3.8) is 0 Å². The van der Waals surface area contributed by atoms with Gasteiger partial charge in [0.15, 0.2) is 5.69 Å². The fourth-order valence-corrected chi connectivity index (χ4v) is 7.88. The summed E-state index contributed by atoms with van der Waals surface area (Å²) < 4.78 is 0. The van der Waals surface area contributed by atoms with Crippen LogP contribution in [0.3, 0.4) is 0 Å². The number of nitriles is 1. The molecule has 8 rings (SSSR count). The summed E-state index contributed by atoms with van der Waals surface area (Å²) in [4.78, 5) is 8.43. The van der Waals surface area contributed by atoms with Crippen LogP contribution in [-0.2, 0) is 10.8 Å². The first-order chi connectivity index (χ1) is 26.0. The Morgan fingerprint density at radius 3 is 1.26 bits per heavy atom. The maximum atomic E-state index is 9.67. The first-order valence-corrected chi connectivity index (χ1v) is 18.5. The maximum absolute atomic E-state index is 9.67. The zero-order valence-electron chi connectivity index (χ0n) is 31.6. The van der Waals surface area contributed by atoms with E-state index in [1.54, 1.807) is 0 Å². The molecule has 0 aliphatic rings. The molecule has 0 fully saturated rings. The highest BCUT2D eigenvalue weighted by atomic mass is 15.2. The van der Waals surface area contributed by atoms with E-state index in [-0.39, 0.29) is 10.8 Å². The van der Waals surface area contributed by atoms with Crippen LogP contribution in [0.15, 0.2) is 146 Å². The topological polar surface area (TPSA) is 34.6 Å². The molecule has 4 nitrogen and oxygen atoms in total. The molecule has 54 heavy (non-hydrogen) atoms. The molecule has 0 aliphatic heterocycles. The Morgan fingerprint density at radius 1 is 0.500 bits per heavy atom. The number of anilines is 6. The zero-order chi connectivity index (χ0) is 37.8. The highest BCUT2D eigenvalue weighted by Gasteiger charge is 2.31. The molecule has 4 heteroatoms. The van der Waals surface area contributed by atoms with Crippen molar-refractivity contribution >= 4 is 72.1 Å². The molecule has 0 radical (unpaired) electrons. The summed E-state index contributed by atoms with van der Waals surface area (Å²) in [5.41, 5.74) is 9.73. The Labute approximate surface area is 318 Å². The largest absolute Gasteiger partial charge is 0.310 e. The molecule has 0 atom stereocenters. The Hall–Kier alpha value is -6.62. The zero-order valence-corrected chi connectivity index (χ0v) is 31.6. The number of benzene rings is 8. The highest BCUT2D eigenvalue weighted by Crippen LogP contribution is 2.53. The van der Waals surface area contributed by atoms with Gasteiger partial charge in [-0.05, 0) is 116 Å². The summed E-state index contributed by atoms with van der Waals surface area (Å²) >= 11 is 0. The van der Waals surface area contributed by atoms with E-state index in [4.69, 9.17) is 6.57 Å². The Morgan fingerprint density at radius 2 is 0.889 bits per heavy atom. The predicted molar refractivity (Wildman–Crippen MR) is 228 cm³/mol. The van der Waals surface area contributed by atoms with Crippen molar-refractivity contribution < 1.29 is 0 Å². The van der Waals surface area contributed by atoms with Gasteiger partial charge in [-0.3, -0.25) is 0 Å². The van der Waals surface area contributed by atoms with Crippen LogP contribution in [0.2, 0.25) is 0 Å². The van der Waals surface area contributed by atoms with Crippen LogP contribution < -0.4 is 9.80 Å². The van der Waals surface area contributed by atoms with Crippen LogP contribution in [0.5, 0.6) is 0 Å². The number of hydrogen-bond donors (Lipinski definition) is 0. The van der Waals surface area contributed by atoms with Crippen LogP contribution in [-0.4, -0.2) is 0 Å². The van der Waals surface area contributed by atoms with Crippen LogP contribution in [0, 0.1) is 17.9 Å². The van der Waals surface area contributed by atoms with Gasteiger partial charge < -0.3 is 9.80 Å². The molecule has 0 saturated heterocycles. The van der Waals surface area contributed by atoms with Gasteiger partial charge in [0, 0.05) is 33.5 Å². The van der Waals surface area contributed by atoms with Crippen LogP contribution in [0.1, 0.15) is 58.2 Å². The first-order valence-electron chi connectivity index (χ1n) is 18.5. The summed E-state index contributed by atoms with van der Waals surface area (Å²) in [5, 5.41) is 16.9. The number of nitrogens with zero attached hydrogens (tertiary/aromatic N) is 4. The van der Waals surface area contributed by atoms with E-state index in [2.05, 4.69) is 184 Å². The van der Waals surface area contributed by atoms with E-state index in [1.807, 2.05) is 24.3 Å². The fraction of sp³-hybridized carbons (Fsp3) is 0.160. The van der Waals surface area contributed by atoms with Crippen LogP contribution in [0.25, 0.3) is 37.2 Å². The van der Waals surface area contributed by atoms with E-state index in [0.29, 0.717) is 11.3 Å². The van der Waals surface area contributed by atoms with E-state index in [1.165, 1.54) is 43.4 Å². The van der Waals surface area contributed by atoms with Gasteiger partial charge in [-0.25, -0.2) is 4.85 Å². The van der Waals surface area contributed by atoms with Crippen molar-refractivity contribution in [1.82, 2.24) is 0 Å². The van der Waals surface area contributed by atoms with Gasteiger partial charge in [0.05, 0.1) is 29.6 Å². The van der Waals surface area contributed by atoms with Crippen molar-refractivity contribution in [2.45, 2.75) is 52.4 Å². The summed E-state index contributed by atoms with van der Waals surface area (Å²) in [6.07, 6.45) is 0. The molecular formula is C50H42N4. The Bertz CT molecular complexity index is 2530. The minimum absolute atomic E-state index is 0.187. The Balaban J connectivity index is 1.52. The summed E-state index contributed by atoms with van der Waals surface area (Å²) in [5.74, 6) is 0. The van der Waals surface area contributed by atoms with Gasteiger partial charge in [0.1, 0.15) is 0 Å². The van der Waals surface area contributed by atoms with Crippen molar-refractivity contribution in [2.24, 2.45) is 0 Å². The molecule has 0 aromatic heterocycles. The smallest absolute Gasteiger partial charge is 0.187 e. The van der Waals surface area contributed by atoms with Crippen LogP contribution >= 0.6 is 0 Å². The van der Waals surface area contributed by atoms with Gasteiger partial charge >= 0.3 is 0 Å². The summed E-state index contributed by atoms with van der Waals surface area (Å²) in [6.45, 7) is 21.3. The van der Waals surface area contributed by atoms with Crippen LogP contribution in [0.4, 0.5) is 39.8 Å². The molecule has 0 unspecified atom stereocenters. The van der Waals surface area contributed by atoms with Gasteiger partial charge in [0.2, 0.25) is 0 Å². The maximum Gasteiger partial charge on any atom is 0.187 e. The van der Waals surface area contributed by atoms with Gasteiger partial charge in [0.25, 0.3) is 0 Å². The first kappa shape index (κ1) is 34.5. The van der Waals surface area contributed by atoms with Crippen molar-refractivity contribution in [3.05, 3.63) is 174 Å². The lowest BCUT2D eigenvalue weighted by Gasteiger charge is -2.35. The van der Waals surface area contributed by atoms with Gasteiger partial charge in [-0.2, -0.15) is 5.26 Å². The second-order valence-corrected chi connectivity index (χ2v) is 16.1. The van der Waals surface area contributed by atoms with E-state index in [0.717, 1.165) is 34.1 Å². The van der Waals surface area contributed by atoms with E-state index < -0.39 is 0 Å². The van der Waals surface area contributed by atoms with Crippen molar-refractivity contribution in [1.29, 1.82) is 5.26 Å². The molecule has 8 aromatic rings. The normalized spacial score (nSPS) is 11.9. The molecule has 0 heterocycles. The average molecular weight is 699 g/mol. The lowest BCUT2D eigenvalue weighted by molar-refractivity contribution is 0.592. The number of para-hydroxylation sites is 2. The van der Waals surface area contributed by atoms with Gasteiger partial charge in [-0.15, -0.1) is 0 Å². The molecule has 0 aliphatic carbocycles. The molecule has 0 bridgehead atoms. The molecule has 0 saturated carbocycles. The fourth-order valence-electron chi connectivity index (χ4n) is 7.88. The predicted octanol–water partition coefficient (Wildman–Crippen LogP) is 14.5. The average Bonchev–Trinajstić information content (AvgIpc) is 3.18. The Kier molecular flexibility index (Phi) is 8.36. The lowest BCUT2D eigenvalue weighted by atomic mass is 9.78. The summed E-state index contributed by atoms with van der Waals surface area (Å²) in [7, 11) is 0. The molecule has 8 aromatic carbocycles. The third kappa shape index (κ3) is 5.87. The molecule has 0 spiro atoms. The second-order valence-electron chi connectivity index (χ2n) is 16.1. The highest BCUT2D eigenvalue weighted by molar-refractivity contribution is 6.29. The third-order valence-corrected chi connectivity index (χ3v) is 10.4. The lowest BCUT2D eigenvalue weighted by Crippen LogP contribution is -2.20. The van der Waals surface area contributed by atoms with E-state index in [9.17, 15) is 5.26 Å². The quantitative estimate of drug-likeness (QED) is 0.128. The number of rotatable bonds is 6. The minimum atomic E-state index is -0.189. The SMILES string of the molecule is [C-]#[N+]c1ccc(N(c2ccccc2)c2c(C(C)(C)C)cc3ccc4c(N(c5ccccc5)c5ccc(C#N)cc5)c(C(C)(C)C)cc5ccc2c3c54)cc1. The van der Waals surface area contributed by atoms with Crippen molar-refractivity contribution in [3.8, 4) is 6.07 Å². The molecule has 0 N–H and O–H groups in total. The minimum Gasteiger partial charge on any atom is -0.310 e. The second kappa shape index (κ2) is 13.1. The molecular weight excluding hydrogens is 657 g/mol. The van der Waals surface area contributed by atoms with E-state index >= 15 is 0 Å². The standard InChI is InChI=1S/C50H42N4/c1-49(2,3)43-30-34-21-29-42-46-35(20-28-41(45(34)46)47(43)53(37-14-10-8-11-15-37)39-24-18-33(32-51)19-25-39)31-44(50(4,5)6)48(42)54(38-16-12-9-13-17-38)40-26-22-36(52-7)23-27-40/h8-31H,1-6H3. The molecule has 262 valence electrons. The monoisotopic (exact) mass is 698 g/mol. The summed E-state index contributed by atoms with van der Waals surface area (Å²) in [6, 6.07) is 53.3. The third-order valence-electron chi connectivity index (χ3n) is 10.4. The van der Waals surface area contributed by atoms with Gasteiger partial charge in [-0.1, -0.05) is 114 Å². The van der Waals surface area contributed by atoms with Crippen molar-refractivity contribution in [2.75, 3.05) is 9.80 Å². The molecule has 0 amide bonds.